The number of hydrazone groups is 1. The maximum absolute atomic E-state index is 12.4. The highest BCUT2D eigenvalue weighted by Gasteiger charge is 2.32. The number of benzene rings is 2. The van der Waals surface area contributed by atoms with Gasteiger partial charge in [0, 0.05) is 17.3 Å². The molecular formula is C24H26ClN5O8. The Balaban J connectivity index is 1.70. The Morgan fingerprint density at radius 2 is 2.05 bits per heavy atom. The number of aliphatic hydroxyl groups excluding tert-OH is 1. The van der Waals surface area contributed by atoms with Crippen LogP contribution in [0.25, 0.3) is 0 Å². The molecule has 4 N–H and O–H groups in total. The zero-order valence-electron chi connectivity index (χ0n) is 20.7. The van der Waals surface area contributed by atoms with Crippen LogP contribution in [0.2, 0.25) is 5.02 Å². The third kappa shape index (κ3) is 6.89. The summed E-state index contributed by atoms with van der Waals surface area (Å²) >= 11 is 5.79. The largest absolute Gasteiger partial charge is 0.490 e. The first kappa shape index (κ1) is 28.2. The summed E-state index contributed by atoms with van der Waals surface area (Å²) in [5, 5.41) is 30.3. The summed E-state index contributed by atoms with van der Waals surface area (Å²) in [7, 11) is 1.25. The van der Waals surface area contributed by atoms with Crippen molar-refractivity contribution >= 4 is 35.5 Å². The van der Waals surface area contributed by atoms with Crippen molar-refractivity contribution in [2.45, 2.75) is 26.1 Å². The molecule has 3 rings (SSSR count). The van der Waals surface area contributed by atoms with Crippen molar-refractivity contribution in [3.8, 4) is 11.5 Å². The number of nitrogens with zero attached hydrogens (tertiary/aromatic N) is 2. The number of halogens is 1. The van der Waals surface area contributed by atoms with E-state index in [4.69, 9.17) is 25.8 Å². The summed E-state index contributed by atoms with van der Waals surface area (Å²) < 4.78 is 16.2. The monoisotopic (exact) mass is 547 g/mol. The molecule has 0 bridgehead atoms. The standard InChI is InChI=1S/C24H26ClN5O8/c1-4-37-19-10-15(22-21(23(32)36-3)13(2)27-24(33)28-22)6-8-18(19)38-12-20(31)29-26-11-14-5-7-16(25)17(9-14)30(34)35/h5-11,20,22,29,31H,4,12H2,1-3H3,(H2,27,28,33)/b26-11-/t20-,22-/m0/s1. The minimum atomic E-state index is -1.23. The number of methoxy groups -OCH3 is 1. The number of hydrogen-bond acceptors (Lipinski definition) is 10. The number of aliphatic hydroxyl groups is 1. The molecule has 0 saturated carbocycles. The highest BCUT2D eigenvalue weighted by atomic mass is 35.5. The average molecular weight is 548 g/mol. The van der Waals surface area contributed by atoms with Gasteiger partial charge in [0.15, 0.2) is 17.7 Å². The molecule has 2 amide bonds. The predicted molar refractivity (Wildman–Crippen MR) is 137 cm³/mol. The van der Waals surface area contributed by atoms with Gasteiger partial charge in [-0.25, -0.2) is 9.59 Å². The lowest BCUT2D eigenvalue weighted by Crippen LogP contribution is -2.45. The average Bonchev–Trinajstić information content (AvgIpc) is 2.88. The Labute approximate surface area is 222 Å². The van der Waals surface area contributed by atoms with Gasteiger partial charge in [0.25, 0.3) is 5.69 Å². The van der Waals surface area contributed by atoms with E-state index in [1.54, 1.807) is 32.0 Å². The van der Waals surface area contributed by atoms with Crippen molar-refractivity contribution in [1.29, 1.82) is 0 Å². The molecule has 0 saturated heterocycles. The van der Waals surface area contributed by atoms with E-state index in [1.807, 2.05) is 0 Å². The molecule has 1 heterocycles. The van der Waals surface area contributed by atoms with Gasteiger partial charge < -0.3 is 30.0 Å². The second-order valence-corrected chi connectivity index (χ2v) is 8.29. The van der Waals surface area contributed by atoms with Crippen LogP contribution < -0.4 is 25.5 Å². The SMILES string of the molecule is CCOc1cc([C@@H]2NC(=O)NC(C)=C2C(=O)OC)ccc1OC[C@H](O)N/N=C\c1ccc(Cl)c([N+](=O)[O-])c1. The number of carbonyl (C=O) groups excluding carboxylic acids is 2. The molecule has 2 atom stereocenters. The minimum Gasteiger partial charge on any atom is -0.490 e. The van der Waals surface area contributed by atoms with E-state index in [1.165, 1.54) is 31.5 Å². The smallest absolute Gasteiger partial charge is 0.337 e. The lowest BCUT2D eigenvalue weighted by atomic mass is 9.95. The summed E-state index contributed by atoms with van der Waals surface area (Å²) in [6.07, 6.45) is 0.0530. The Kier molecular flexibility index (Phi) is 9.46. The molecule has 13 nitrogen and oxygen atoms in total. The minimum absolute atomic E-state index is 0.000115. The molecule has 38 heavy (non-hydrogen) atoms. The number of rotatable bonds is 11. The Hall–Kier alpha value is -4.36. The number of carbonyl (C=O) groups is 2. The number of hydrogen-bond donors (Lipinski definition) is 4. The Morgan fingerprint density at radius 3 is 2.74 bits per heavy atom. The van der Waals surface area contributed by atoms with Crippen molar-refractivity contribution in [1.82, 2.24) is 16.1 Å². The summed E-state index contributed by atoms with van der Waals surface area (Å²) in [5.74, 6) is 0.0272. The van der Waals surface area contributed by atoms with Gasteiger partial charge in [-0.1, -0.05) is 23.7 Å². The van der Waals surface area contributed by atoms with Gasteiger partial charge in [0.2, 0.25) is 0 Å². The van der Waals surface area contributed by atoms with Crippen molar-refractivity contribution in [2.75, 3.05) is 20.3 Å². The van der Waals surface area contributed by atoms with E-state index in [0.717, 1.165) is 0 Å². The number of urea groups is 1. The van der Waals surface area contributed by atoms with Gasteiger partial charge in [-0.05, 0) is 37.6 Å². The quantitative estimate of drug-likeness (QED) is 0.108. The normalized spacial score (nSPS) is 15.9. The molecule has 0 unspecified atom stereocenters. The molecule has 2 aromatic carbocycles. The second-order valence-electron chi connectivity index (χ2n) is 7.88. The number of nitro groups is 1. The molecule has 0 spiro atoms. The molecule has 0 aliphatic carbocycles. The van der Waals surface area contributed by atoms with Crippen LogP contribution in [0, 0.1) is 10.1 Å². The molecule has 14 heteroatoms. The van der Waals surface area contributed by atoms with E-state index in [9.17, 15) is 24.8 Å². The number of amides is 2. The molecule has 2 aromatic rings. The van der Waals surface area contributed by atoms with Gasteiger partial charge in [-0.3, -0.25) is 15.5 Å². The van der Waals surface area contributed by atoms with Crippen molar-refractivity contribution in [2.24, 2.45) is 5.10 Å². The molecule has 0 radical (unpaired) electrons. The first-order chi connectivity index (χ1) is 18.1. The molecule has 1 aliphatic heterocycles. The first-order valence-electron chi connectivity index (χ1n) is 11.3. The zero-order valence-corrected chi connectivity index (χ0v) is 21.4. The van der Waals surface area contributed by atoms with Crippen molar-refractivity contribution in [3.63, 3.8) is 0 Å². The number of ether oxygens (including phenoxy) is 3. The van der Waals surface area contributed by atoms with Crippen LogP contribution in [0.3, 0.4) is 0 Å². The third-order valence-electron chi connectivity index (χ3n) is 5.28. The number of esters is 1. The fraction of sp³-hybridized carbons (Fsp3) is 0.292. The van der Waals surface area contributed by atoms with Gasteiger partial charge in [0.1, 0.15) is 11.6 Å². The predicted octanol–water partition coefficient (Wildman–Crippen LogP) is 2.77. The summed E-state index contributed by atoms with van der Waals surface area (Å²) in [6.45, 7) is 3.45. The Bertz CT molecular complexity index is 1280. The van der Waals surface area contributed by atoms with E-state index < -0.39 is 29.2 Å². The van der Waals surface area contributed by atoms with E-state index in [-0.39, 0.29) is 22.9 Å². The lowest BCUT2D eigenvalue weighted by Gasteiger charge is -2.28. The summed E-state index contributed by atoms with van der Waals surface area (Å²) in [4.78, 5) is 34.8. The summed E-state index contributed by atoms with van der Waals surface area (Å²) in [5.41, 5.74) is 3.75. The van der Waals surface area contributed by atoms with Crippen LogP contribution >= 0.6 is 11.6 Å². The lowest BCUT2D eigenvalue weighted by molar-refractivity contribution is -0.384. The van der Waals surface area contributed by atoms with Gasteiger partial charge in [0.05, 0.1) is 36.5 Å². The molecule has 202 valence electrons. The van der Waals surface area contributed by atoms with Gasteiger partial charge in [-0.2, -0.15) is 5.10 Å². The molecule has 1 aliphatic rings. The van der Waals surface area contributed by atoms with Crippen LogP contribution in [0.5, 0.6) is 11.5 Å². The maximum atomic E-state index is 12.4. The topological polar surface area (TPSA) is 174 Å². The molecular weight excluding hydrogens is 522 g/mol. The van der Waals surface area contributed by atoms with Gasteiger partial charge >= 0.3 is 12.0 Å². The first-order valence-corrected chi connectivity index (χ1v) is 11.7. The van der Waals surface area contributed by atoms with Crippen LogP contribution in [0.4, 0.5) is 10.5 Å². The Morgan fingerprint density at radius 1 is 1.29 bits per heavy atom. The van der Waals surface area contributed by atoms with Gasteiger partial charge in [-0.15, -0.1) is 0 Å². The number of nitrogens with one attached hydrogen (secondary N) is 3. The van der Waals surface area contributed by atoms with Crippen LogP contribution in [0.1, 0.15) is 31.0 Å². The van der Waals surface area contributed by atoms with Crippen LogP contribution in [-0.4, -0.2) is 54.8 Å². The molecule has 0 aromatic heterocycles. The van der Waals surface area contributed by atoms with Crippen LogP contribution in [0.15, 0.2) is 52.8 Å². The van der Waals surface area contributed by atoms with E-state index >= 15 is 0 Å². The fourth-order valence-corrected chi connectivity index (χ4v) is 3.76. The molecule has 0 fully saturated rings. The third-order valence-corrected chi connectivity index (χ3v) is 5.60. The highest BCUT2D eigenvalue weighted by molar-refractivity contribution is 6.32. The highest BCUT2D eigenvalue weighted by Crippen LogP contribution is 2.35. The maximum Gasteiger partial charge on any atom is 0.337 e. The summed E-state index contributed by atoms with van der Waals surface area (Å²) in [6, 6.07) is 7.76. The van der Waals surface area contributed by atoms with E-state index in [0.29, 0.717) is 34.9 Å². The number of allylic oxidation sites excluding steroid dienone is 1. The van der Waals surface area contributed by atoms with Crippen molar-refractivity contribution in [3.05, 3.63) is 73.9 Å². The van der Waals surface area contributed by atoms with Crippen LogP contribution in [-0.2, 0) is 9.53 Å². The van der Waals surface area contributed by atoms with Crippen molar-refractivity contribution < 1.29 is 33.8 Å². The number of nitro benzene ring substituents is 1. The second kappa shape index (κ2) is 12.7. The van der Waals surface area contributed by atoms with E-state index in [2.05, 4.69) is 21.2 Å². The fourth-order valence-electron chi connectivity index (χ4n) is 3.57. The zero-order chi connectivity index (χ0) is 27.8.